The number of rotatable bonds is 7. The molecule has 20 heavy (non-hydrogen) atoms. The predicted octanol–water partition coefficient (Wildman–Crippen LogP) is 1.75. The fraction of sp³-hybridized carbons (Fsp3) is 0.571. The van der Waals surface area contributed by atoms with Crippen molar-refractivity contribution in [2.24, 2.45) is 0 Å². The van der Waals surface area contributed by atoms with Gasteiger partial charge in [0.2, 0.25) is 10.0 Å². The van der Waals surface area contributed by atoms with Crippen molar-refractivity contribution in [3.8, 4) is 0 Å². The number of fused-ring (bicyclic) bond motifs is 1. The van der Waals surface area contributed by atoms with E-state index in [0.29, 0.717) is 18.0 Å². The van der Waals surface area contributed by atoms with Crippen LogP contribution >= 0.6 is 0 Å². The topological polar surface area (TPSA) is 67.4 Å². The van der Waals surface area contributed by atoms with Crippen molar-refractivity contribution in [1.82, 2.24) is 4.72 Å². The zero-order valence-corrected chi connectivity index (χ0v) is 12.6. The Balaban J connectivity index is 2.06. The van der Waals surface area contributed by atoms with Crippen molar-refractivity contribution < 1.29 is 13.2 Å². The Kier molecular flexibility index (Phi) is 5.39. The van der Waals surface area contributed by atoms with Crippen LogP contribution in [-0.4, -0.2) is 35.2 Å². The Morgan fingerprint density at radius 2 is 2.20 bits per heavy atom. The molecule has 0 saturated carbocycles. The summed E-state index contributed by atoms with van der Waals surface area (Å²) < 4.78 is 32.4. The van der Waals surface area contributed by atoms with Gasteiger partial charge in [0.25, 0.3) is 0 Å². The summed E-state index contributed by atoms with van der Waals surface area (Å²) in [5, 5.41) is 3.25. The average molecular weight is 298 g/mol. The Labute approximate surface area is 120 Å². The first-order valence-electron chi connectivity index (χ1n) is 6.99. The smallest absolute Gasteiger partial charge is 0.240 e. The molecule has 0 spiro atoms. The Hall–Kier alpha value is -1.11. The van der Waals surface area contributed by atoms with Gasteiger partial charge >= 0.3 is 0 Å². The van der Waals surface area contributed by atoms with Crippen LogP contribution in [0.25, 0.3) is 0 Å². The van der Waals surface area contributed by atoms with Crippen LogP contribution in [0.1, 0.15) is 24.8 Å². The molecule has 1 aliphatic heterocycles. The van der Waals surface area contributed by atoms with Gasteiger partial charge in [0, 0.05) is 32.5 Å². The van der Waals surface area contributed by atoms with Gasteiger partial charge in [-0.1, -0.05) is 6.07 Å². The van der Waals surface area contributed by atoms with Gasteiger partial charge in [-0.2, -0.15) is 0 Å². The molecule has 0 amide bonds. The third-order valence-corrected chi connectivity index (χ3v) is 4.95. The summed E-state index contributed by atoms with van der Waals surface area (Å²) >= 11 is 0. The molecule has 112 valence electrons. The minimum absolute atomic E-state index is 0.411. The maximum atomic E-state index is 12.4. The van der Waals surface area contributed by atoms with Crippen molar-refractivity contribution in [1.29, 1.82) is 0 Å². The molecule has 0 aromatic heterocycles. The zero-order chi connectivity index (χ0) is 14.4. The standard InChI is InChI=1S/C14H22N2O3S/c1-19-11-3-2-10-16-20(17,18)14-8-4-7-13-12(14)6-5-9-15-13/h4,7-8,15-16H,2-3,5-6,9-11H2,1H3. The van der Waals surface area contributed by atoms with E-state index in [-0.39, 0.29) is 0 Å². The third kappa shape index (κ3) is 3.71. The molecule has 0 saturated heterocycles. The van der Waals surface area contributed by atoms with E-state index in [1.165, 1.54) is 0 Å². The minimum atomic E-state index is -3.42. The van der Waals surface area contributed by atoms with Crippen LogP contribution in [0.5, 0.6) is 0 Å². The highest BCUT2D eigenvalue weighted by atomic mass is 32.2. The summed E-state index contributed by atoms with van der Waals surface area (Å²) in [6.45, 7) is 2.01. The van der Waals surface area contributed by atoms with Gasteiger partial charge in [0.05, 0.1) is 4.90 Å². The SMILES string of the molecule is COCCCCNS(=O)(=O)c1cccc2c1CCCN2. The fourth-order valence-corrected chi connectivity index (χ4v) is 3.75. The van der Waals surface area contributed by atoms with Gasteiger partial charge in [-0.3, -0.25) is 0 Å². The number of benzene rings is 1. The summed E-state index contributed by atoms with van der Waals surface area (Å²) in [5.41, 5.74) is 1.85. The first kappa shape index (κ1) is 15.3. The molecule has 1 aliphatic rings. The number of hydrogen-bond acceptors (Lipinski definition) is 4. The predicted molar refractivity (Wildman–Crippen MR) is 79.6 cm³/mol. The van der Waals surface area contributed by atoms with Gasteiger partial charge in [-0.05, 0) is 43.4 Å². The van der Waals surface area contributed by atoms with Crippen LogP contribution in [-0.2, 0) is 21.2 Å². The second-order valence-corrected chi connectivity index (χ2v) is 6.65. The van der Waals surface area contributed by atoms with E-state index >= 15 is 0 Å². The highest BCUT2D eigenvalue weighted by Gasteiger charge is 2.21. The number of anilines is 1. The molecule has 0 radical (unpaired) electrons. The van der Waals surface area contributed by atoms with Crippen LogP contribution in [0.15, 0.2) is 23.1 Å². The molecule has 1 heterocycles. The number of unbranched alkanes of at least 4 members (excludes halogenated alkanes) is 1. The third-order valence-electron chi connectivity index (χ3n) is 3.41. The number of methoxy groups -OCH3 is 1. The molecule has 0 atom stereocenters. The molecule has 0 unspecified atom stereocenters. The monoisotopic (exact) mass is 298 g/mol. The van der Waals surface area contributed by atoms with E-state index in [1.807, 2.05) is 6.07 Å². The molecule has 5 nitrogen and oxygen atoms in total. The first-order valence-corrected chi connectivity index (χ1v) is 8.48. The number of ether oxygens (including phenoxy) is 1. The van der Waals surface area contributed by atoms with Crippen LogP contribution in [0.2, 0.25) is 0 Å². The summed E-state index contributed by atoms with van der Waals surface area (Å²) in [4.78, 5) is 0.411. The number of nitrogens with one attached hydrogen (secondary N) is 2. The van der Waals surface area contributed by atoms with Crippen molar-refractivity contribution >= 4 is 15.7 Å². The molecule has 2 N–H and O–H groups in total. The van der Waals surface area contributed by atoms with E-state index in [1.54, 1.807) is 19.2 Å². The van der Waals surface area contributed by atoms with Crippen LogP contribution in [0, 0.1) is 0 Å². The van der Waals surface area contributed by atoms with Crippen molar-refractivity contribution in [3.63, 3.8) is 0 Å². The molecular weight excluding hydrogens is 276 g/mol. The van der Waals surface area contributed by atoms with Gasteiger partial charge in [-0.15, -0.1) is 0 Å². The van der Waals surface area contributed by atoms with Crippen molar-refractivity contribution in [2.45, 2.75) is 30.6 Å². The quantitative estimate of drug-likeness (QED) is 0.753. The first-order chi connectivity index (χ1) is 9.65. The molecule has 0 fully saturated rings. The van der Waals surface area contributed by atoms with E-state index in [0.717, 1.165) is 43.5 Å². The summed E-state index contributed by atoms with van der Waals surface area (Å²) in [7, 11) is -1.77. The molecule has 1 aromatic carbocycles. The summed E-state index contributed by atoms with van der Waals surface area (Å²) in [6.07, 6.45) is 3.41. The normalized spacial score (nSPS) is 14.7. The lowest BCUT2D eigenvalue weighted by atomic mass is 10.0. The van der Waals surface area contributed by atoms with E-state index in [2.05, 4.69) is 10.0 Å². The molecule has 6 heteroatoms. The average Bonchev–Trinajstić information content (AvgIpc) is 2.46. The van der Waals surface area contributed by atoms with E-state index in [4.69, 9.17) is 4.74 Å². The Bertz CT molecular complexity index is 543. The highest BCUT2D eigenvalue weighted by Crippen LogP contribution is 2.28. The maximum Gasteiger partial charge on any atom is 0.240 e. The van der Waals surface area contributed by atoms with Crippen LogP contribution in [0.4, 0.5) is 5.69 Å². The molecule has 1 aromatic rings. The van der Waals surface area contributed by atoms with Crippen molar-refractivity contribution in [2.75, 3.05) is 32.1 Å². The van der Waals surface area contributed by atoms with Gasteiger partial charge in [0.15, 0.2) is 0 Å². The molecule has 2 rings (SSSR count). The fourth-order valence-electron chi connectivity index (χ4n) is 2.38. The van der Waals surface area contributed by atoms with Crippen molar-refractivity contribution in [3.05, 3.63) is 23.8 Å². The molecule has 0 aliphatic carbocycles. The highest BCUT2D eigenvalue weighted by molar-refractivity contribution is 7.89. The van der Waals surface area contributed by atoms with E-state index in [9.17, 15) is 8.42 Å². The van der Waals surface area contributed by atoms with Crippen LogP contribution in [0.3, 0.4) is 0 Å². The number of sulfonamides is 1. The lowest BCUT2D eigenvalue weighted by Gasteiger charge is -2.21. The van der Waals surface area contributed by atoms with Crippen LogP contribution < -0.4 is 10.0 Å². The lowest BCUT2D eigenvalue weighted by Crippen LogP contribution is -2.27. The second-order valence-electron chi connectivity index (χ2n) is 4.91. The summed E-state index contributed by atoms with van der Waals surface area (Å²) in [6, 6.07) is 5.41. The van der Waals surface area contributed by atoms with E-state index < -0.39 is 10.0 Å². The maximum absolute atomic E-state index is 12.4. The zero-order valence-electron chi connectivity index (χ0n) is 11.8. The summed E-state index contributed by atoms with van der Waals surface area (Å²) in [5.74, 6) is 0. The number of hydrogen-bond donors (Lipinski definition) is 2. The van der Waals surface area contributed by atoms with Gasteiger partial charge < -0.3 is 10.1 Å². The lowest BCUT2D eigenvalue weighted by molar-refractivity contribution is 0.193. The minimum Gasteiger partial charge on any atom is -0.385 e. The Morgan fingerprint density at radius 3 is 3.00 bits per heavy atom. The van der Waals surface area contributed by atoms with Gasteiger partial charge in [-0.25, -0.2) is 13.1 Å². The molecular formula is C14H22N2O3S. The Morgan fingerprint density at radius 1 is 1.35 bits per heavy atom. The van der Waals surface area contributed by atoms with Gasteiger partial charge in [0.1, 0.15) is 0 Å². The largest absolute Gasteiger partial charge is 0.385 e. The molecule has 0 bridgehead atoms. The second kappa shape index (κ2) is 7.06.